The van der Waals surface area contributed by atoms with Gasteiger partial charge in [-0.15, -0.1) is 0 Å². The van der Waals surface area contributed by atoms with E-state index in [1.807, 2.05) is 25.8 Å². The molecule has 0 aliphatic carbocycles. The van der Waals surface area contributed by atoms with Gasteiger partial charge in [0.2, 0.25) is 5.91 Å². The normalized spacial score (nSPS) is 22.0. The van der Waals surface area contributed by atoms with Crippen molar-refractivity contribution in [3.8, 4) is 5.75 Å². The summed E-state index contributed by atoms with van der Waals surface area (Å²) < 4.78 is 19.1. The molecule has 0 spiro atoms. The minimum Gasteiger partial charge on any atom is -0.494 e. The number of carbonyl (C=O) groups excluding carboxylic acids is 1. The Morgan fingerprint density at radius 3 is 2.73 bits per heavy atom. The molecule has 1 heterocycles. The fourth-order valence-electron chi connectivity index (χ4n) is 3.02. The van der Waals surface area contributed by atoms with Crippen LogP contribution in [0.5, 0.6) is 5.75 Å². The van der Waals surface area contributed by atoms with Crippen LogP contribution < -0.4 is 15.0 Å². The monoisotopic (exact) mass is 310 g/mol. The molecule has 0 aromatic heterocycles. The van der Waals surface area contributed by atoms with E-state index in [4.69, 9.17) is 4.74 Å². The molecule has 0 unspecified atom stereocenters. The van der Waals surface area contributed by atoms with Crippen LogP contribution >= 0.6 is 0 Å². The molecule has 2 N–H and O–H groups in total. The molecule has 0 radical (unpaired) electrons. The zero-order valence-corrected chi connectivity index (χ0v) is 13.4. The van der Waals surface area contributed by atoms with Crippen LogP contribution in [0.15, 0.2) is 12.1 Å². The summed E-state index contributed by atoms with van der Waals surface area (Å²) >= 11 is 0. The number of methoxy groups -OCH3 is 1. The number of hydrogen-bond acceptors (Lipinski definition) is 4. The number of aliphatic hydroxyl groups is 1. The van der Waals surface area contributed by atoms with Gasteiger partial charge < -0.3 is 20.1 Å². The van der Waals surface area contributed by atoms with Crippen LogP contribution in [-0.4, -0.2) is 43.9 Å². The highest BCUT2D eigenvalue weighted by atomic mass is 19.1. The Bertz CT molecular complexity index is 563. The van der Waals surface area contributed by atoms with E-state index in [0.29, 0.717) is 6.42 Å². The smallest absolute Gasteiger partial charge is 0.243 e. The Morgan fingerprint density at radius 1 is 1.50 bits per heavy atom. The van der Waals surface area contributed by atoms with Gasteiger partial charge in [0, 0.05) is 18.8 Å². The molecule has 6 heteroatoms. The van der Waals surface area contributed by atoms with Crippen molar-refractivity contribution in [3.05, 3.63) is 23.5 Å². The summed E-state index contributed by atoms with van der Waals surface area (Å²) in [5, 5.41) is 12.3. The average Bonchev–Trinajstić information content (AvgIpc) is 2.45. The summed E-state index contributed by atoms with van der Waals surface area (Å²) in [6, 6.07) is 2.21. The molecule has 22 heavy (non-hydrogen) atoms. The van der Waals surface area contributed by atoms with Gasteiger partial charge in [-0.25, -0.2) is 4.39 Å². The quantitative estimate of drug-likeness (QED) is 0.884. The Labute approximate surface area is 130 Å². The molecule has 0 fully saturated rings. The number of benzene rings is 1. The topological polar surface area (TPSA) is 61.8 Å². The van der Waals surface area contributed by atoms with Gasteiger partial charge in [0.15, 0.2) is 11.6 Å². The second-order valence-electron chi connectivity index (χ2n) is 6.01. The number of nitrogens with zero attached hydrogens (tertiary/aromatic N) is 1. The number of halogens is 1. The molecule has 122 valence electrons. The lowest BCUT2D eigenvalue weighted by molar-refractivity contribution is -0.124. The fourth-order valence-corrected chi connectivity index (χ4v) is 3.02. The summed E-state index contributed by atoms with van der Waals surface area (Å²) in [5.41, 5.74) is 1.50. The molecule has 2 atom stereocenters. The second kappa shape index (κ2) is 6.52. The van der Waals surface area contributed by atoms with Crippen LogP contribution in [0.3, 0.4) is 0 Å². The number of aliphatic hydroxyl groups excluding tert-OH is 1. The van der Waals surface area contributed by atoms with Gasteiger partial charge in [-0.2, -0.15) is 0 Å². The number of ether oxygens (including phenoxy) is 1. The van der Waals surface area contributed by atoms with Crippen LogP contribution in [-0.2, 0) is 11.2 Å². The van der Waals surface area contributed by atoms with Crippen LogP contribution in [0, 0.1) is 11.7 Å². The van der Waals surface area contributed by atoms with Gasteiger partial charge in [0.25, 0.3) is 0 Å². The maximum absolute atomic E-state index is 14.0. The first-order chi connectivity index (χ1) is 10.4. The van der Waals surface area contributed by atoms with Crippen molar-refractivity contribution in [1.82, 2.24) is 5.32 Å². The molecule has 0 saturated carbocycles. The third kappa shape index (κ3) is 3.02. The predicted molar refractivity (Wildman–Crippen MR) is 82.7 cm³/mol. The van der Waals surface area contributed by atoms with Crippen molar-refractivity contribution in [1.29, 1.82) is 0 Å². The van der Waals surface area contributed by atoms with E-state index in [1.165, 1.54) is 13.2 Å². The van der Waals surface area contributed by atoms with Gasteiger partial charge in [-0.1, -0.05) is 13.8 Å². The summed E-state index contributed by atoms with van der Waals surface area (Å²) in [5.74, 6) is -0.370. The average molecular weight is 310 g/mol. The molecule has 5 nitrogen and oxygen atoms in total. The maximum atomic E-state index is 14.0. The van der Waals surface area contributed by atoms with E-state index in [9.17, 15) is 14.3 Å². The first-order valence-corrected chi connectivity index (χ1v) is 7.39. The maximum Gasteiger partial charge on any atom is 0.243 e. The van der Waals surface area contributed by atoms with Crippen LogP contribution in [0.2, 0.25) is 0 Å². The molecule has 1 amide bonds. The van der Waals surface area contributed by atoms with Crippen LogP contribution in [0.25, 0.3) is 0 Å². The largest absolute Gasteiger partial charge is 0.494 e. The van der Waals surface area contributed by atoms with E-state index in [0.717, 1.165) is 11.3 Å². The minimum absolute atomic E-state index is 0.0614. The molecule has 0 saturated heterocycles. The van der Waals surface area contributed by atoms with Gasteiger partial charge in [0.05, 0.1) is 19.8 Å². The van der Waals surface area contributed by atoms with Gasteiger partial charge in [-0.05, 0) is 24.0 Å². The molecule has 1 aromatic carbocycles. The summed E-state index contributed by atoms with van der Waals surface area (Å²) in [6.07, 6.45) is 0.369. The number of amides is 1. The van der Waals surface area contributed by atoms with Gasteiger partial charge in [0.1, 0.15) is 6.04 Å². The zero-order valence-electron chi connectivity index (χ0n) is 13.4. The number of fused-ring (bicyclic) bond motifs is 1. The highest BCUT2D eigenvalue weighted by molar-refractivity contribution is 5.86. The minimum atomic E-state index is -0.445. The molecule has 1 aliphatic heterocycles. The van der Waals surface area contributed by atoms with E-state index in [2.05, 4.69) is 5.32 Å². The molecule has 1 aromatic rings. The number of likely N-dealkylation sites (N-methyl/N-ethyl adjacent to an activating group) is 1. The number of rotatable bonds is 3. The lowest BCUT2D eigenvalue weighted by atomic mass is 9.95. The lowest BCUT2D eigenvalue weighted by Crippen LogP contribution is -2.54. The third-order valence-corrected chi connectivity index (χ3v) is 4.08. The number of anilines is 1. The van der Waals surface area contributed by atoms with Crippen molar-refractivity contribution in [2.24, 2.45) is 5.92 Å². The molecule has 2 rings (SSSR count). The number of carbonyl (C=O) groups is 1. The first-order valence-electron chi connectivity index (χ1n) is 7.39. The molecule has 1 aliphatic rings. The Balaban J connectivity index is 2.57. The van der Waals surface area contributed by atoms with Crippen LogP contribution in [0.4, 0.5) is 10.1 Å². The van der Waals surface area contributed by atoms with E-state index >= 15 is 0 Å². The van der Waals surface area contributed by atoms with Crippen molar-refractivity contribution in [2.75, 3.05) is 25.7 Å². The van der Waals surface area contributed by atoms with Crippen molar-refractivity contribution < 1.29 is 19.0 Å². The van der Waals surface area contributed by atoms with Gasteiger partial charge in [-0.3, -0.25) is 4.79 Å². The first kappa shape index (κ1) is 16.5. The SMILES string of the molecule is COc1cc2c(cc1F)C[C@@H](CO)NC(=O)[C@H](C(C)C)N2C. The summed E-state index contributed by atoms with van der Waals surface area (Å²) in [7, 11) is 3.23. The highest BCUT2D eigenvalue weighted by Gasteiger charge is 2.32. The van der Waals surface area contributed by atoms with E-state index in [-0.39, 0.29) is 24.2 Å². The van der Waals surface area contributed by atoms with E-state index in [1.54, 1.807) is 6.07 Å². The van der Waals surface area contributed by atoms with Crippen molar-refractivity contribution >= 4 is 11.6 Å². The Hall–Kier alpha value is -1.82. The molecule has 0 bridgehead atoms. The predicted octanol–water partition coefficient (Wildman–Crippen LogP) is 1.33. The summed E-state index contributed by atoms with van der Waals surface area (Å²) in [4.78, 5) is 14.3. The highest BCUT2D eigenvalue weighted by Crippen LogP contribution is 2.32. The number of nitrogens with one attached hydrogen (secondary N) is 1. The lowest BCUT2D eigenvalue weighted by Gasteiger charge is -2.37. The zero-order chi connectivity index (χ0) is 16.4. The van der Waals surface area contributed by atoms with Gasteiger partial charge >= 0.3 is 0 Å². The standard InChI is InChI=1S/C16H23FN2O3/c1-9(2)15-16(21)18-11(8-20)5-10-6-12(17)14(22-4)7-13(10)19(15)3/h6-7,9,11,15,20H,5,8H2,1-4H3,(H,18,21)/t11-,15-/m0/s1. The van der Waals surface area contributed by atoms with Crippen molar-refractivity contribution in [2.45, 2.75) is 32.4 Å². The molecular formula is C16H23FN2O3. The second-order valence-corrected chi connectivity index (χ2v) is 6.01. The Morgan fingerprint density at radius 2 is 2.18 bits per heavy atom. The molecular weight excluding hydrogens is 287 g/mol. The third-order valence-electron chi connectivity index (χ3n) is 4.08. The summed E-state index contributed by atoms with van der Waals surface area (Å²) in [6.45, 7) is 3.72. The Kier molecular flexibility index (Phi) is 4.90. The van der Waals surface area contributed by atoms with Crippen LogP contribution in [0.1, 0.15) is 19.4 Å². The van der Waals surface area contributed by atoms with Crippen molar-refractivity contribution in [3.63, 3.8) is 0 Å². The number of hydrogen-bond donors (Lipinski definition) is 2. The fraction of sp³-hybridized carbons (Fsp3) is 0.562. The van der Waals surface area contributed by atoms with E-state index < -0.39 is 17.9 Å².